The number of nitrogens with one attached hydrogen (secondary N) is 1. The summed E-state index contributed by atoms with van der Waals surface area (Å²) in [6, 6.07) is 22.5. The maximum atomic E-state index is 12.9. The number of ether oxygens (including phenoxy) is 2. The Labute approximate surface area is 278 Å². The van der Waals surface area contributed by atoms with Crippen LogP contribution in [0.3, 0.4) is 0 Å². The second kappa shape index (κ2) is 13.6. The van der Waals surface area contributed by atoms with Crippen LogP contribution in [0.25, 0.3) is 33.2 Å². The molecular weight excluding hydrogens is 606 g/mol. The van der Waals surface area contributed by atoms with Crippen LogP contribution in [0.15, 0.2) is 91.4 Å². The maximum Gasteiger partial charge on any atom is 0.435 e. The molecule has 0 unspecified atom stereocenters. The predicted octanol–water partition coefficient (Wildman–Crippen LogP) is 6.93. The highest BCUT2D eigenvalue weighted by Crippen LogP contribution is 2.32. The van der Waals surface area contributed by atoms with E-state index in [0.29, 0.717) is 35.1 Å². The first kappa shape index (κ1) is 32.3. The summed E-state index contributed by atoms with van der Waals surface area (Å²) < 4.78 is 12.8. The summed E-state index contributed by atoms with van der Waals surface area (Å²) in [6.45, 7) is 6.75. The Morgan fingerprint density at radius 3 is 2.56 bits per heavy atom. The molecule has 0 saturated heterocycles. The summed E-state index contributed by atoms with van der Waals surface area (Å²) in [5.74, 6) is 1.76. The lowest BCUT2D eigenvalue weighted by Crippen LogP contribution is -2.27. The molecule has 0 spiro atoms. The monoisotopic (exact) mass is 643 g/mol. The highest BCUT2D eigenvalue weighted by molar-refractivity contribution is 5.98. The van der Waals surface area contributed by atoms with E-state index in [4.69, 9.17) is 19.4 Å². The van der Waals surface area contributed by atoms with Gasteiger partial charge in [0.1, 0.15) is 23.8 Å². The number of fused-ring (bicyclic) bond motifs is 2. The van der Waals surface area contributed by atoms with E-state index in [0.717, 1.165) is 39.6 Å². The van der Waals surface area contributed by atoms with E-state index >= 15 is 0 Å². The number of carbonyl (C=O) groups is 2. The highest BCUT2D eigenvalue weighted by atomic mass is 16.6. The van der Waals surface area contributed by atoms with E-state index in [1.807, 2.05) is 95.5 Å². The lowest BCUT2D eigenvalue weighted by Gasteiger charge is -2.19. The number of hydrogen-bond acceptors (Lipinski definition) is 10. The molecule has 11 nitrogen and oxygen atoms in total. The summed E-state index contributed by atoms with van der Waals surface area (Å²) >= 11 is 0. The third kappa shape index (κ3) is 7.64. The number of pyridine rings is 1. The average molecular weight is 644 g/mol. The van der Waals surface area contributed by atoms with Gasteiger partial charge in [0.2, 0.25) is 0 Å². The Morgan fingerprint density at radius 2 is 1.79 bits per heavy atom. The minimum atomic E-state index is -0.647. The molecule has 11 heteroatoms. The molecule has 0 radical (unpaired) electrons. The van der Waals surface area contributed by atoms with Crippen LogP contribution in [-0.2, 0) is 11.2 Å². The molecule has 0 saturated carbocycles. The number of likely N-dealkylation sites (N-methyl/N-ethyl adjacent to an activating group) is 1. The Kier molecular flexibility index (Phi) is 9.13. The summed E-state index contributed by atoms with van der Waals surface area (Å²) in [6.07, 6.45) is 4.53. The minimum absolute atomic E-state index is 0.0192. The van der Waals surface area contributed by atoms with Crippen molar-refractivity contribution in [3.63, 3.8) is 0 Å². The average Bonchev–Trinajstić information content (AvgIpc) is 3.48. The predicted molar refractivity (Wildman–Crippen MR) is 186 cm³/mol. The smallest absolute Gasteiger partial charge is 0.435 e. The summed E-state index contributed by atoms with van der Waals surface area (Å²) in [5.41, 5.74) is 3.62. The van der Waals surface area contributed by atoms with Gasteiger partial charge in [-0.2, -0.15) is 9.78 Å². The zero-order chi connectivity index (χ0) is 33.8. The largest absolute Gasteiger partial charge is 0.492 e. The molecule has 6 rings (SSSR count). The number of benzene rings is 3. The molecule has 6 aromatic rings. The number of Topliss-reactive ketones (excluding diaryl/α,β-unsaturated/α-hetero) is 1. The van der Waals surface area contributed by atoms with Gasteiger partial charge in [0.15, 0.2) is 11.6 Å². The van der Waals surface area contributed by atoms with Crippen LogP contribution in [0.2, 0.25) is 0 Å². The molecule has 0 aliphatic carbocycles. The zero-order valence-corrected chi connectivity index (χ0v) is 27.6. The molecule has 1 N–H and O–H groups in total. The highest BCUT2D eigenvalue weighted by Gasteiger charge is 2.20. The van der Waals surface area contributed by atoms with Crippen LogP contribution in [-0.4, -0.2) is 74.4 Å². The standard InChI is InChI=1S/C37H37N7O4/c1-37(2,3)48-36(46)44-32-14-11-28(20-27(32)23-39-44)40-35-30-21-29(47-17-16-43(4)5)12-13-31(30)41-34(42-35)25-9-6-8-24(18-25)19-33(45)26-10-7-15-38-22-26/h6-15,18,20-23H,16-17,19H2,1-5H3,(H,40,41,42). The fourth-order valence-electron chi connectivity index (χ4n) is 5.10. The van der Waals surface area contributed by atoms with Crippen molar-refractivity contribution in [2.24, 2.45) is 0 Å². The minimum Gasteiger partial charge on any atom is -0.492 e. The number of rotatable bonds is 10. The Balaban J connectivity index is 1.35. The first-order valence-corrected chi connectivity index (χ1v) is 15.6. The van der Waals surface area contributed by atoms with Gasteiger partial charge < -0.3 is 19.7 Å². The van der Waals surface area contributed by atoms with Crippen molar-refractivity contribution in [3.8, 4) is 17.1 Å². The number of aromatic nitrogens is 5. The van der Waals surface area contributed by atoms with E-state index in [2.05, 4.69) is 20.3 Å². The number of nitrogens with zero attached hydrogens (tertiary/aromatic N) is 6. The molecule has 244 valence electrons. The van der Waals surface area contributed by atoms with E-state index in [1.54, 1.807) is 30.7 Å². The maximum absolute atomic E-state index is 12.9. The molecule has 0 fully saturated rings. The van der Waals surface area contributed by atoms with E-state index < -0.39 is 11.7 Å². The Hall–Kier alpha value is -5.68. The van der Waals surface area contributed by atoms with Crippen LogP contribution in [0.5, 0.6) is 5.75 Å². The van der Waals surface area contributed by atoms with Crippen molar-refractivity contribution >= 4 is 45.2 Å². The molecule has 0 bridgehead atoms. The molecule has 48 heavy (non-hydrogen) atoms. The molecular formula is C37H37N7O4. The van der Waals surface area contributed by atoms with Crippen molar-refractivity contribution in [2.75, 3.05) is 32.6 Å². The van der Waals surface area contributed by atoms with Crippen molar-refractivity contribution in [3.05, 3.63) is 103 Å². The fourth-order valence-corrected chi connectivity index (χ4v) is 5.10. The lowest BCUT2D eigenvalue weighted by atomic mass is 10.0. The SMILES string of the molecule is CN(C)CCOc1ccc2nc(-c3cccc(CC(=O)c4cccnc4)c3)nc(Nc3ccc4c(cnn4C(=O)OC(C)(C)C)c3)c2c1. The summed E-state index contributed by atoms with van der Waals surface area (Å²) in [7, 11) is 4.00. The number of hydrogen-bond donors (Lipinski definition) is 1. The van der Waals surface area contributed by atoms with Gasteiger partial charge in [0, 0.05) is 52.9 Å². The molecule has 0 atom stereocenters. The summed E-state index contributed by atoms with van der Waals surface area (Å²) in [4.78, 5) is 41.6. The van der Waals surface area contributed by atoms with Gasteiger partial charge in [-0.15, -0.1) is 0 Å². The van der Waals surface area contributed by atoms with Gasteiger partial charge in [0.05, 0.1) is 17.2 Å². The Bertz CT molecular complexity index is 2100. The second-order valence-electron chi connectivity index (χ2n) is 12.7. The van der Waals surface area contributed by atoms with Crippen LogP contribution in [0.1, 0.15) is 36.7 Å². The van der Waals surface area contributed by atoms with E-state index in [-0.39, 0.29) is 12.2 Å². The van der Waals surface area contributed by atoms with Crippen LogP contribution in [0.4, 0.5) is 16.3 Å². The van der Waals surface area contributed by atoms with Gasteiger partial charge in [-0.3, -0.25) is 9.78 Å². The van der Waals surface area contributed by atoms with Crippen LogP contribution in [0, 0.1) is 0 Å². The number of ketones is 1. The van der Waals surface area contributed by atoms with Gasteiger partial charge in [0.25, 0.3) is 0 Å². The van der Waals surface area contributed by atoms with Gasteiger partial charge in [-0.05, 0) is 95.0 Å². The molecule has 0 aliphatic rings. The normalized spacial score (nSPS) is 11.6. The number of anilines is 2. The molecule has 3 aromatic carbocycles. The zero-order valence-electron chi connectivity index (χ0n) is 27.6. The second-order valence-corrected chi connectivity index (χ2v) is 12.7. The van der Waals surface area contributed by atoms with Gasteiger partial charge in [-0.25, -0.2) is 14.8 Å². The van der Waals surface area contributed by atoms with Crippen LogP contribution >= 0.6 is 0 Å². The van der Waals surface area contributed by atoms with E-state index in [9.17, 15) is 9.59 Å². The van der Waals surface area contributed by atoms with Gasteiger partial charge in [-0.1, -0.05) is 18.2 Å². The molecule has 3 aromatic heterocycles. The Morgan fingerprint density at radius 1 is 0.938 bits per heavy atom. The quantitative estimate of drug-likeness (QED) is 0.157. The first-order valence-electron chi connectivity index (χ1n) is 15.6. The van der Waals surface area contributed by atoms with Crippen molar-refractivity contribution in [1.29, 1.82) is 0 Å². The lowest BCUT2D eigenvalue weighted by molar-refractivity contribution is 0.0522. The molecule has 0 amide bonds. The van der Waals surface area contributed by atoms with Crippen molar-refractivity contribution in [1.82, 2.24) is 29.6 Å². The fraction of sp³-hybridized carbons (Fsp3) is 0.243. The third-order valence-corrected chi connectivity index (χ3v) is 7.40. The topological polar surface area (TPSA) is 124 Å². The van der Waals surface area contributed by atoms with Crippen LogP contribution < -0.4 is 10.1 Å². The van der Waals surface area contributed by atoms with Gasteiger partial charge >= 0.3 is 6.09 Å². The molecule has 3 heterocycles. The van der Waals surface area contributed by atoms with Crippen molar-refractivity contribution in [2.45, 2.75) is 32.8 Å². The number of carbonyl (C=O) groups excluding carboxylic acids is 2. The summed E-state index contributed by atoms with van der Waals surface area (Å²) in [5, 5.41) is 9.26. The third-order valence-electron chi connectivity index (χ3n) is 7.40. The first-order chi connectivity index (χ1) is 23.0. The van der Waals surface area contributed by atoms with Crippen molar-refractivity contribution < 1.29 is 19.1 Å². The molecule has 0 aliphatic heterocycles. The van der Waals surface area contributed by atoms with E-state index in [1.165, 1.54) is 4.68 Å².